The molecule has 0 bridgehead atoms. The first-order valence-corrected chi connectivity index (χ1v) is 7.55. The smallest absolute Gasteiger partial charge is 0.399 e. The number of halogens is 3. The van der Waals surface area contributed by atoms with Gasteiger partial charge < -0.3 is 15.0 Å². The normalized spacial score (nSPS) is 19.3. The van der Waals surface area contributed by atoms with Gasteiger partial charge >= 0.3 is 13.3 Å². The van der Waals surface area contributed by atoms with Gasteiger partial charge in [-0.1, -0.05) is 13.8 Å². The first-order valence-electron chi connectivity index (χ1n) is 7.55. The van der Waals surface area contributed by atoms with Crippen LogP contribution in [0.15, 0.2) is 6.07 Å². The fourth-order valence-electron chi connectivity index (χ4n) is 2.25. The molecule has 0 radical (unpaired) electrons. The van der Waals surface area contributed by atoms with E-state index in [1.54, 1.807) is 27.7 Å². The molecule has 2 heterocycles. The Morgan fingerprint density at radius 1 is 1.09 bits per heavy atom. The Bertz CT molecular complexity index is 559. The van der Waals surface area contributed by atoms with Crippen LogP contribution >= 0.6 is 0 Å². The molecule has 8 heteroatoms. The van der Waals surface area contributed by atoms with Gasteiger partial charge in [0.05, 0.1) is 22.5 Å². The van der Waals surface area contributed by atoms with Crippen LogP contribution in [0.2, 0.25) is 0 Å². The van der Waals surface area contributed by atoms with Crippen molar-refractivity contribution in [3.05, 3.63) is 17.3 Å². The lowest BCUT2D eigenvalue weighted by Crippen LogP contribution is -2.41. The molecule has 1 aromatic rings. The lowest BCUT2D eigenvalue weighted by Gasteiger charge is -2.32. The van der Waals surface area contributed by atoms with Crippen LogP contribution in [0.5, 0.6) is 0 Å². The van der Waals surface area contributed by atoms with Crippen molar-refractivity contribution in [2.24, 2.45) is 0 Å². The van der Waals surface area contributed by atoms with Crippen molar-refractivity contribution in [1.29, 1.82) is 0 Å². The summed E-state index contributed by atoms with van der Waals surface area (Å²) in [5, 5.41) is 0. The number of nitrogen functional groups attached to an aromatic ring is 1. The summed E-state index contributed by atoms with van der Waals surface area (Å²) in [5.74, 6) is 0.00483. The second-order valence-corrected chi connectivity index (χ2v) is 6.18. The van der Waals surface area contributed by atoms with Crippen molar-refractivity contribution in [2.75, 3.05) is 5.73 Å². The molecule has 0 spiro atoms. The lowest BCUT2D eigenvalue weighted by atomic mass is 9.75. The van der Waals surface area contributed by atoms with Crippen LogP contribution in [-0.2, 0) is 15.5 Å². The summed E-state index contributed by atoms with van der Waals surface area (Å²) in [6.07, 6.45) is -4.55. The van der Waals surface area contributed by atoms with E-state index in [0.29, 0.717) is 0 Å². The number of nitrogens with two attached hydrogens (primary N) is 1. The molecular weight excluding hydrogens is 308 g/mol. The average Bonchev–Trinajstić information content (AvgIpc) is 2.58. The highest BCUT2D eigenvalue weighted by molar-refractivity contribution is 6.62. The molecule has 1 aliphatic heterocycles. The minimum Gasteiger partial charge on any atom is -0.399 e. The Morgan fingerprint density at radius 3 is 1.91 bits per heavy atom. The van der Waals surface area contributed by atoms with Gasteiger partial charge in [-0.05, 0) is 40.7 Å². The number of nitrogens with zero attached hydrogens (tertiary/aromatic N) is 1. The first-order chi connectivity index (χ1) is 10.3. The molecule has 0 amide bonds. The fraction of sp³-hybridized carbons (Fsp3) is 0.667. The number of alkyl halides is 3. The minimum atomic E-state index is -4.55. The third-order valence-corrected chi connectivity index (χ3v) is 4.04. The predicted octanol–water partition coefficient (Wildman–Crippen LogP) is 3.32. The Kier molecular flexibility index (Phi) is 5.43. The summed E-state index contributed by atoms with van der Waals surface area (Å²) in [4.78, 5) is 3.69. The van der Waals surface area contributed by atoms with Gasteiger partial charge in [-0.2, -0.15) is 13.2 Å². The standard InChI is InChI=1S/C13H18BF3N2O2.C2H6/c1-7-10(13(15,16)17)8(6-9(18)19-7)14-20-11(2,3)12(4,5)21-14;1-2/h6H,1-5H3,(H2,18,19);1-2H3. The molecule has 1 fully saturated rings. The van der Waals surface area contributed by atoms with Crippen LogP contribution in [0.4, 0.5) is 19.0 Å². The number of pyridine rings is 1. The summed E-state index contributed by atoms with van der Waals surface area (Å²) in [6, 6.07) is 1.16. The Labute approximate surface area is 135 Å². The number of aryl methyl sites for hydroxylation is 1. The van der Waals surface area contributed by atoms with Gasteiger partial charge in [-0.25, -0.2) is 4.98 Å². The van der Waals surface area contributed by atoms with E-state index in [2.05, 4.69) is 4.98 Å². The molecule has 0 unspecified atom stereocenters. The van der Waals surface area contributed by atoms with Gasteiger partial charge in [0.15, 0.2) is 0 Å². The van der Waals surface area contributed by atoms with Crippen LogP contribution in [-0.4, -0.2) is 23.3 Å². The molecule has 0 saturated carbocycles. The van der Waals surface area contributed by atoms with E-state index in [-0.39, 0.29) is 17.0 Å². The van der Waals surface area contributed by atoms with Crippen LogP contribution in [0, 0.1) is 6.92 Å². The van der Waals surface area contributed by atoms with E-state index in [0.717, 1.165) is 6.07 Å². The van der Waals surface area contributed by atoms with Crippen LogP contribution in [0.25, 0.3) is 0 Å². The molecule has 0 aliphatic carbocycles. The molecular formula is C15H24BF3N2O2. The first kappa shape index (κ1) is 19.8. The molecule has 2 rings (SSSR count). The maximum Gasteiger partial charge on any atom is 0.495 e. The summed E-state index contributed by atoms with van der Waals surface area (Å²) in [7, 11) is -1.13. The Balaban J connectivity index is 0.00000127. The maximum absolute atomic E-state index is 13.3. The molecule has 0 atom stereocenters. The summed E-state index contributed by atoms with van der Waals surface area (Å²) >= 11 is 0. The second kappa shape index (κ2) is 6.32. The Hall–Kier alpha value is -1.28. The van der Waals surface area contributed by atoms with E-state index >= 15 is 0 Å². The quantitative estimate of drug-likeness (QED) is 0.802. The van der Waals surface area contributed by atoms with Gasteiger partial charge in [0.2, 0.25) is 0 Å². The largest absolute Gasteiger partial charge is 0.495 e. The average molecular weight is 332 g/mol. The summed E-state index contributed by atoms with van der Waals surface area (Å²) in [5.41, 5.74) is 2.95. The zero-order valence-corrected chi connectivity index (χ0v) is 14.6. The third-order valence-electron chi connectivity index (χ3n) is 4.04. The molecule has 130 valence electrons. The van der Waals surface area contributed by atoms with Gasteiger partial charge in [0.1, 0.15) is 5.82 Å². The molecule has 0 aromatic carbocycles. The van der Waals surface area contributed by atoms with Crippen LogP contribution < -0.4 is 11.2 Å². The Morgan fingerprint density at radius 2 is 1.52 bits per heavy atom. The van der Waals surface area contributed by atoms with Gasteiger partial charge in [0.25, 0.3) is 0 Å². The highest BCUT2D eigenvalue weighted by Crippen LogP contribution is 2.38. The highest BCUT2D eigenvalue weighted by atomic mass is 19.4. The summed E-state index contributed by atoms with van der Waals surface area (Å²) in [6.45, 7) is 12.4. The summed E-state index contributed by atoms with van der Waals surface area (Å²) < 4.78 is 51.2. The van der Waals surface area contributed by atoms with E-state index in [1.165, 1.54) is 6.92 Å². The van der Waals surface area contributed by atoms with Gasteiger partial charge in [-0.15, -0.1) is 0 Å². The molecule has 2 N–H and O–H groups in total. The van der Waals surface area contributed by atoms with Crippen molar-refractivity contribution in [3.63, 3.8) is 0 Å². The van der Waals surface area contributed by atoms with Crippen molar-refractivity contribution in [3.8, 4) is 0 Å². The van der Waals surface area contributed by atoms with E-state index < -0.39 is 30.1 Å². The molecule has 1 saturated heterocycles. The van der Waals surface area contributed by atoms with Gasteiger partial charge in [0, 0.05) is 5.46 Å². The van der Waals surface area contributed by atoms with Crippen LogP contribution in [0.3, 0.4) is 0 Å². The van der Waals surface area contributed by atoms with Crippen molar-refractivity contribution >= 4 is 18.4 Å². The molecule has 1 aromatic heterocycles. The van der Waals surface area contributed by atoms with Gasteiger partial charge in [-0.3, -0.25) is 0 Å². The highest BCUT2D eigenvalue weighted by Gasteiger charge is 2.54. The van der Waals surface area contributed by atoms with Crippen molar-refractivity contribution in [1.82, 2.24) is 4.98 Å². The minimum absolute atomic E-state index is 0.00483. The molecule has 23 heavy (non-hydrogen) atoms. The van der Waals surface area contributed by atoms with Crippen LogP contribution in [0.1, 0.15) is 52.8 Å². The van der Waals surface area contributed by atoms with E-state index in [4.69, 9.17) is 15.0 Å². The monoisotopic (exact) mass is 332 g/mol. The van der Waals surface area contributed by atoms with Crippen molar-refractivity contribution < 1.29 is 22.5 Å². The topological polar surface area (TPSA) is 57.4 Å². The number of rotatable bonds is 1. The molecule has 4 nitrogen and oxygen atoms in total. The number of hydrogen-bond donors (Lipinski definition) is 1. The zero-order valence-electron chi connectivity index (χ0n) is 14.6. The van der Waals surface area contributed by atoms with E-state index in [1.807, 2.05) is 13.8 Å². The number of anilines is 1. The lowest BCUT2D eigenvalue weighted by molar-refractivity contribution is -0.137. The molecule has 1 aliphatic rings. The SMILES string of the molecule is CC.Cc1nc(N)cc(B2OC(C)(C)C(C)(C)O2)c1C(F)(F)F. The predicted molar refractivity (Wildman–Crippen MR) is 85.5 cm³/mol. The third kappa shape index (κ3) is 3.80. The maximum atomic E-state index is 13.3. The second-order valence-electron chi connectivity index (χ2n) is 6.18. The fourth-order valence-corrected chi connectivity index (χ4v) is 2.25. The number of aromatic nitrogens is 1. The van der Waals surface area contributed by atoms with Crippen molar-refractivity contribution in [2.45, 2.75) is 65.8 Å². The van der Waals surface area contributed by atoms with E-state index in [9.17, 15) is 13.2 Å². The number of hydrogen-bond acceptors (Lipinski definition) is 4. The zero-order chi connectivity index (χ0) is 18.2.